The third kappa shape index (κ3) is 1.97. The first-order chi connectivity index (χ1) is 7.59. The van der Waals surface area contributed by atoms with E-state index in [-0.39, 0.29) is 0 Å². The summed E-state index contributed by atoms with van der Waals surface area (Å²) < 4.78 is 2.12. The summed E-state index contributed by atoms with van der Waals surface area (Å²) in [6.07, 6.45) is 4.12. The van der Waals surface area contributed by atoms with Gasteiger partial charge in [0.2, 0.25) is 0 Å². The predicted octanol–water partition coefficient (Wildman–Crippen LogP) is 1.76. The standard InChI is InChI=1S/C12H18N2O2/c1-9-11(12(15)16)5-8-14(9)10-3-6-13(2)7-4-10/h5,8,10H,3-4,6-7H2,1-2H3,(H,15,16). The molecule has 1 N–H and O–H groups in total. The van der Waals surface area contributed by atoms with Gasteiger partial charge < -0.3 is 14.6 Å². The molecule has 0 bridgehead atoms. The van der Waals surface area contributed by atoms with Gasteiger partial charge in [-0.05, 0) is 46.0 Å². The van der Waals surface area contributed by atoms with Crippen LogP contribution in [0, 0.1) is 6.92 Å². The van der Waals surface area contributed by atoms with Crippen LogP contribution >= 0.6 is 0 Å². The second kappa shape index (κ2) is 4.29. The van der Waals surface area contributed by atoms with Crippen molar-refractivity contribution in [3.05, 3.63) is 23.5 Å². The number of aromatic carboxylic acids is 1. The zero-order valence-electron chi connectivity index (χ0n) is 9.81. The first-order valence-electron chi connectivity index (χ1n) is 5.69. The van der Waals surface area contributed by atoms with E-state index >= 15 is 0 Å². The van der Waals surface area contributed by atoms with Crippen molar-refractivity contribution >= 4 is 5.97 Å². The zero-order valence-corrected chi connectivity index (χ0v) is 9.81. The van der Waals surface area contributed by atoms with Crippen molar-refractivity contribution in [1.82, 2.24) is 9.47 Å². The molecule has 0 amide bonds. The molecule has 2 heterocycles. The number of carbonyl (C=O) groups is 1. The molecule has 4 heteroatoms. The molecule has 1 aromatic rings. The lowest BCUT2D eigenvalue weighted by atomic mass is 10.1. The normalized spacial score (nSPS) is 18.9. The Morgan fingerprint density at radius 1 is 1.44 bits per heavy atom. The molecular weight excluding hydrogens is 204 g/mol. The minimum Gasteiger partial charge on any atom is -0.478 e. The van der Waals surface area contributed by atoms with Crippen molar-refractivity contribution in [3.8, 4) is 0 Å². The predicted molar refractivity (Wildman–Crippen MR) is 61.9 cm³/mol. The van der Waals surface area contributed by atoms with Crippen LogP contribution in [-0.4, -0.2) is 40.7 Å². The molecule has 1 aliphatic heterocycles. The first kappa shape index (κ1) is 11.2. The van der Waals surface area contributed by atoms with Gasteiger partial charge in [-0.2, -0.15) is 0 Å². The Hall–Kier alpha value is -1.29. The second-order valence-electron chi connectivity index (χ2n) is 4.56. The Morgan fingerprint density at radius 3 is 2.56 bits per heavy atom. The van der Waals surface area contributed by atoms with Crippen molar-refractivity contribution in [2.75, 3.05) is 20.1 Å². The molecule has 1 aromatic heterocycles. The molecule has 0 spiro atoms. The molecule has 0 saturated carbocycles. The molecule has 1 aliphatic rings. The van der Waals surface area contributed by atoms with E-state index in [1.54, 1.807) is 6.07 Å². The monoisotopic (exact) mass is 222 g/mol. The van der Waals surface area contributed by atoms with Crippen LogP contribution in [0.1, 0.15) is 34.9 Å². The number of rotatable bonds is 2. The zero-order chi connectivity index (χ0) is 11.7. The molecule has 16 heavy (non-hydrogen) atoms. The summed E-state index contributed by atoms with van der Waals surface area (Å²) in [5.41, 5.74) is 1.31. The summed E-state index contributed by atoms with van der Waals surface area (Å²) in [7, 11) is 2.13. The van der Waals surface area contributed by atoms with Crippen molar-refractivity contribution in [2.24, 2.45) is 0 Å². The second-order valence-corrected chi connectivity index (χ2v) is 4.56. The summed E-state index contributed by atoms with van der Waals surface area (Å²) >= 11 is 0. The number of hydrogen-bond donors (Lipinski definition) is 1. The maximum atomic E-state index is 10.9. The van der Waals surface area contributed by atoms with E-state index in [4.69, 9.17) is 5.11 Å². The highest BCUT2D eigenvalue weighted by atomic mass is 16.4. The lowest BCUT2D eigenvalue weighted by Gasteiger charge is -2.30. The van der Waals surface area contributed by atoms with Crippen molar-refractivity contribution in [3.63, 3.8) is 0 Å². The maximum Gasteiger partial charge on any atom is 0.337 e. The van der Waals surface area contributed by atoms with Gasteiger partial charge in [-0.1, -0.05) is 0 Å². The van der Waals surface area contributed by atoms with Crippen LogP contribution in [0.4, 0.5) is 0 Å². The smallest absolute Gasteiger partial charge is 0.337 e. The summed E-state index contributed by atoms with van der Waals surface area (Å²) in [5, 5.41) is 9.00. The number of carboxylic acids is 1. The molecule has 0 unspecified atom stereocenters. The van der Waals surface area contributed by atoms with Crippen LogP contribution in [0.3, 0.4) is 0 Å². The Kier molecular flexibility index (Phi) is 3.01. The molecule has 0 aromatic carbocycles. The summed E-state index contributed by atoms with van der Waals surface area (Å²) in [5.74, 6) is -0.829. The van der Waals surface area contributed by atoms with Crippen LogP contribution in [0.5, 0.6) is 0 Å². The van der Waals surface area contributed by atoms with Gasteiger partial charge in [-0.25, -0.2) is 4.79 Å². The fourth-order valence-corrected chi connectivity index (χ4v) is 2.42. The Balaban J connectivity index is 2.18. The van der Waals surface area contributed by atoms with Crippen LogP contribution < -0.4 is 0 Å². The van der Waals surface area contributed by atoms with E-state index in [9.17, 15) is 4.79 Å². The molecule has 1 fully saturated rings. The highest BCUT2D eigenvalue weighted by molar-refractivity contribution is 5.88. The fraction of sp³-hybridized carbons (Fsp3) is 0.583. The summed E-state index contributed by atoms with van der Waals surface area (Å²) in [4.78, 5) is 13.3. The molecule has 88 valence electrons. The topological polar surface area (TPSA) is 45.5 Å². The molecule has 0 aliphatic carbocycles. The van der Waals surface area contributed by atoms with Crippen molar-refractivity contribution < 1.29 is 9.90 Å². The molecule has 4 nitrogen and oxygen atoms in total. The van der Waals surface area contributed by atoms with Gasteiger partial charge in [-0.15, -0.1) is 0 Å². The quantitative estimate of drug-likeness (QED) is 0.829. The molecule has 1 saturated heterocycles. The van der Waals surface area contributed by atoms with Crippen LogP contribution in [0.15, 0.2) is 12.3 Å². The number of hydrogen-bond acceptors (Lipinski definition) is 2. The lowest BCUT2D eigenvalue weighted by Crippen LogP contribution is -2.31. The van der Waals surface area contributed by atoms with Gasteiger partial charge in [0.05, 0.1) is 5.56 Å². The van der Waals surface area contributed by atoms with Crippen molar-refractivity contribution in [1.29, 1.82) is 0 Å². The van der Waals surface area contributed by atoms with Crippen molar-refractivity contribution in [2.45, 2.75) is 25.8 Å². The van der Waals surface area contributed by atoms with Gasteiger partial charge in [-0.3, -0.25) is 0 Å². The summed E-state index contributed by atoms with van der Waals surface area (Å²) in [6.45, 7) is 4.07. The number of carboxylic acid groups (broad SMARTS) is 1. The average Bonchev–Trinajstić information content (AvgIpc) is 2.61. The molecule has 0 radical (unpaired) electrons. The van der Waals surface area contributed by atoms with Gasteiger partial charge in [0.1, 0.15) is 0 Å². The Labute approximate surface area is 95.5 Å². The van der Waals surface area contributed by atoms with Gasteiger partial charge in [0, 0.05) is 17.9 Å². The van der Waals surface area contributed by atoms with E-state index < -0.39 is 5.97 Å². The highest BCUT2D eigenvalue weighted by Gasteiger charge is 2.21. The third-order valence-corrected chi connectivity index (χ3v) is 3.49. The average molecular weight is 222 g/mol. The minimum absolute atomic E-state index is 0.430. The summed E-state index contributed by atoms with van der Waals surface area (Å²) in [6, 6.07) is 2.17. The highest BCUT2D eigenvalue weighted by Crippen LogP contribution is 2.25. The first-order valence-corrected chi connectivity index (χ1v) is 5.69. The minimum atomic E-state index is -0.829. The van der Waals surface area contributed by atoms with E-state index in [2.05, 4.69) is 16.5 Å². The largest absolute Gasteiger partial charge is 0.478 e. The van der Waals surface area contributed by atoms with Crippen LogP contribution in [0.2, 0.25) is 0 Å². The SMILES string of the molecule is Cc1c(C(=O)O)ccn1C1CCN(C)CC1. The Bertz CT molecular complexity index is 390. The van der Waals surface area contributed by atoms with E-state index in [0.29, 0.717) is 11.6 Å². The van der Waals surface area contributed by atoms with E-state index in [1.165, 1.54) is 0 Å². The van der Waals surface area contributed by atoms with E-state index in [0.717, 1.165) is 31.6 Å². The van der Waals surface area contributed by atoms with Crippen LogP contribution in [-0.2, 0) is 0 Å². The number of piperidine rings is 1. The van der Waals surface area contributed by atoms with E-state index in [1.807, 2.05) is 13.1 Å². The maximum absolute atomic E-state index is 10.9. The number of aromatic nitrogens is 1. The Morgan fingerprint density at radius 2 is 2.06 bits per heavy atom. The van der Waals surface area contributed by atoms with Crippen LogP contribution in [0.25, 0.3) is 0 Å². The fourth-order valence-electron chi connectivity index (χ4n) is 2.42. The third-order valence-electron chi connectivity index (χ3n) is 3.49. The van der Waals surface area contributed by atoms with Gasteiger partial charge in [0.15, 0.2) is 0 Å². The number of nitrogens with zero attached hydrogens (tertiary/aromatic N) is 2. The lowest BCUT2D eigenvalue weighted by molar-refractivity contribution is 0.0695. The molecule has 2 rings (SSSR count). The number of likely N-dealkylation sites (tertiary alicyclic amines) is 1. The van der Waals surface area contributed by atoms with Gasteiger partial charge >= 0.3 is 5.97 Å². The molecular formula is C12H18N2O2. The van der Waals surface area contributed by atoms with Gasteiger partial charge in [0.25, 0.3) is 0 Å². The molecule has 0 atom stereocenters.